The number of thioether (sulfide) groups is 1. The minimum absolute atomic E-state index is 0.0997. The number of carboxylic acids is 1. The number of aliphatic carboxylic acids is 1. The highest BCUT2D eigenvalue weighted by atomic mass is 32.2. The average Bonchev–Trinajstić information content (AvgIpc) is 3.88. The molecule has 0 unspecified atom stereocenters. The van der Waals surface area contributed by atoms with Crippen LogP contribution in [0.3, 0.4) is 0 Å². The van der Waals surface area contributed by atoms with Gasteiger partial charge in [0.25, 0.3) is 11.8 Å². The zero-order valence-corrected chi connectivity index (χ0v) is 31.5. The number of rotatable bonds is 15. The minimum Gasteiger partial charge on any atom is -0.477 e. The smallest absolute Gasteiger partial charge is 0.404 e. The number of aromatic nitrogens is 1. The number of methoxy groups -OCH3 is 1. The van der Waals surface area contributed by atoms with Crippen LogP contribution in [0, 0.1) is 5.41 Å². The van der Waals surface area contributed by atoms with Crippen LogP contribution in [-0.2, 0) is 39.0 Å². The topological polar surface area (TPSA) is 212 Å². The van der Waals surface area contributed by atoms with Gasteiger partial charge in [-0.3, -0.25) is 19.3 Å². The van der Waals surface area contributed by atoms with Gasteiger partial charge in [-0.25, -0.2) is 14.6 Å². The van der Waals surface area contributed by atoms with E-state index in [9.17, 15) is 29.1 Å². The van der Waals surface area contributed by atoms with E-state index < -0.39 is 58.8 Å². The van der Waals surface area contributed by atoms with Gasteiger partial charge in [-0.15, -0.1) is 23.1 Å². The number of primary amides is 1. The second-order valence-corrected chi connectivity index (χ2v) is 15.2. The van der Waals surface area contributed by atoms with Crippen molar-refractivity contribution in [3.8, 4) is 0 Å². The molecule has 15 nitrogen and oxygen atoms in total. The number of carboxylic acid groups (broad SMARTS) is 1. The first-order chi connectivity index (χ1) is 27.1. The highest BCUT2D eigenvalue weighted by Gasteiger charge is 2.55. The Morgan fingerprint density at radius 3 is 2.09 bits per heavy atom. The molecule has 7 rings (SSSR count). The average molecular weight is 797 g/mol. The molecule has 2 aliphatic heterocycles. The minimum atomic E-state index is -1.40. The van der Waals surface area contributed by atoms with Crippen molar-refractivity contribution in [2.75, 3.05) is 31.4 Å². The Labute approximate surface area is 328 Å². The molecule has 2 fully saturated rings. The fourth-order valence-electron chi connectivity index (χ4n) is 6.74. The number of ether oxygens (including phenoxy) is 2. The highest BCUT2D eigenvalue weighted by Crippen LogP contribution is 2.47. The molecule has 3 aromatic carbocycles. The normalized spacial score (nSPS) is 18.6. The lowest BCUT2D eigenvalue weighted by molar-refractivity contribution is -0.150. The molecule has 1 aliphatic carbocycles. The fourth-order valence-corrected chi connectivity index (χ4v) is 8.82. The van der Waals surface area contributed by atoms with Gasteiger partial charge in [0.15, 0.2) is 10.8 Å². The number of amides is 3. The predicted molar refractivity (Wildman–Crippen MR) is 206 cm³/mol. The maximum Gasteiger partial charge on any atom is 0.404 e. The summed E-state index contributed by atoms with van der Waals surface area (Å²) in [7, 11) is 1.29. The summed E-state index contributed by atoms with van der Waals surface area (Å²) in [6.07, 6.45) is -0.0349. The van der Waals surface area contributed by atoms with Crippen molar-refractivity contribution in [3.05, 3.63) is 130 Å². The second kappa shape index (κ2) is 15.9. The number of hydrogen-bond donors (Lipinski definition) is 4. The SMILES string of the molecule is COC(=O)C1(CO/N=C(\C(=O)N[C@@H]2C(=O)N3C(C(=O)O)=C(COC(N)=O)CS[C@H]23)c2csc(NC(c3ccccc3)(c3ccccc3)c3ccccc3)n2)CC1. The van der Waals surface area contributed by atoms with E-state index in [2.05, 4.69) is 15.8 Å². The number of esters is 1. The fraction of sp³-hybridized carbons (Fsp3) is 0.256. The number of β-lactam (4-membered cyclic amide) rings is 1. The number of hydrogen-bond acceptors (Lipinski definition) is 13. The van der Waals surface area contributed by atoms with Gasteiger partial charge in [0.2, 0.25) is 0 Å². The Morgan fingerprint density at radius 2 is 1.57 bits per heavy atom. The second-order valence-electron chi connectivity index (χ2n) is 13.2. The van der Waals surface area contributed by atoms with Gasteiger partial charge in [-0.05, 0) is 29.5 Å². The van der Waals surface area contributed by atoms with Crippen molar-refractivity contribution >= 4 is 63.8 Å². The zero-order valence-electron chi connectivity index (χ0n) is 29.9. The number of oxime groups is 1. The number of nitrogens with two attached hydrogens (primary N) is 1. The summed E-state index contributed by atoms with van der Waals surface area (Å²) >= 11 is 2.41. The molecule has 5 N–H and O–H groups in total. The lowest BCUT2D eigenvalue weighted by atomic mass is 9.77. The molecule has 0 bridgehead atoms. The van der Waals surface area contributed by atoms with Crippen molar-refractivity contribution < 1.29 is 43.4 Å². The molecule has 56 heavy (non-hydrogen) atoms. The molecule has 3 aliphatic rings. The molecule has 1 aromatic heterocycles. The number of nitrogens with one attached hydrogen (secondary N) is 2. The summed E-state index contributed by atoms with van der Waals surface area (Å²) in [6, 6.07) is 28.5. The lowest BCUT2D eigenvalue weighted by Gasteiger charge is -2.49. The quantitative estimate of drug-likeness (QED) is 0.0441. The summed E-state index contributed by atoms with van der Waals surface area (Å²) < 4.78 is 9.74. The zero-order chi connectivity index (χ0) is 39.5. The molecule has 288 valence electrons. The van der Waals surface area contributed by atoms with Crippen molar-refractivity contribution in [2.24, 2.45) is 16.3 Å². The predicted octanol–water partition coefficient (Wildman–Crippen LogP) is 4.05. The largest absolute Gasteiger partial charge is 0.477 e. The highest BCUT2D eigenvalue weighted by molar-refractivity contribution is 8.00. The number of fused-ring (bicyclic) bond motifs is 1. The van der Waals surface area contributed by atoms with E-state index in [0.717, 1.165) is 21.6 Å². The van der Waals surface area contributed by atoms with Gasteiger partial charge in [0, 0.05) is 16.7 Å². The summed E-state index contributed by atoms with van der Waals surface area (Å²) in [5.74, 6) is -3.25. The van der Waals surface area contributed by atoms with Crippen LogP contribution >= 0.6 is 23.1 Å². The van der Waals surface area contributed by atoms with Gasteiger partial charge in [-0.2, -0.15) is 0 Å². The first-order valence-corrected chi connectivity index (χ1v) is 19.3. The van der Waals surface area contributed by atoms with Crippen LogP contribution in [0.25, 0.3) is 0 Å². The van der Waals surface area contributed by atoms with Crippen LogP contribution in [0.15, 0.2) is 113 Å². The van der Waals surface area contributed by atoms with Gasteiger partial charge in [0.1, 0.15) is 47.0 Å². The van der Waals surface area contributed by atoms with E-state index in [-0.39, 0.29) is 35.0 Å². The van der Waals surface area contributed by atoms with Gasteiger partial charge < -0.3 is 35.8 Å². The third kappa shape index (κ3) is 7.29. The van der Waals surface area contributed by atoms with Crippen LogP contribution in [0.5, 0.6) is 0 Å². The first-order valence-electron chi connectivity index (χ1n) is 17.4. The Hall–Kier alpha value is -6.20. The molecule has 1 saturated heterocycles. The Morgan fingerprint density at radius 1 is 0.982 bits per heavy atom. The van der Waals surface area contributed by atoms with Crippen LogP contribution in [0.2, 0.25) is 0 Å². The summed E-state index contributed by atoms with van der Waals surface area (Å²) in [5, 5.41) is 21.8. The van der Waals surface area contributed by atoms with Crippen molar-refractivity contribution in [1.82, 2.24) is 15.2 Å². The van der Waals surface area contributed by atoms with E-state index >= 15 is 0 Å². The van der Waals surface area contributed by atoms with Crippen molar-refractivity contribution in [3.63, 3.8) is 0 Å². The number of carbonyl (C=O) groups is 5. The molecule has 17 heteroatoms. The molecule has 3 heterocycles. The molecule has 0 radical (unpaired) electrons. The summed E-state index contributed by atoms with van der Waals surface area (Å²) in [5.41, 5.74) is 5.75. The maximum atomic E-state index is 14.1. The molecule has 0 spiro atoms. The molecule has 3 amide bonds. The summed E-state index contributed by atoms with van der Waals surface area (Å²) in [6.45, 7) is -0.554. The van der Waals surface area contributed by atoms with E-state index in [1.165, 1.54) is 30.2 Å². The third-order valence-electron chi connectivity index (χ3n) is 9.77. The van der Waals surface area contributed by atoms with E-state index in [1.54, 1.807) is 5.38 Å². The third-order valence-corrected chi connectivity index (χ3v) is 11.9. The maximum absolute atomic E-state index is 14.1. The van der Waals surface area contributed by atoms with Crippen LogP contribution in [0.4, 0.5) is 9.93 Å². The van der Waals surface area contributed by atoms with Crippen molar-refractivity contribution in [1.29, 1.82) is 0 Å². The van der Waals surface area contributed by atoms with Crippen LogP contribution in [0.1, 0.15) is 35.2 Å². The molecular weight excluding hydrogens is 761 g/mol. The Balaban J connectivity index is 1.20. The van der Waals surface area contributed by atoms with Crippen molar-refractivity contribution in [2.45, 2.75) is 29.8 Å². The Kier molecular flexibility index (Phi) is 10.8. The molecule has 2 atom stereocenters. The number of nitrogens with zero attached hydrogens (tertiary/aromatic N) is 3. The number of benzene rings is 3. The first kappa shape index (κ1) is 38.1. The van der Waals surface area contributed by atoms with E-state index in [0.29, 0.717) is 18.0 Å². The van der Waals surface area contributed by atoms with Gasteiger partial charge >= 0.3 is 18.0 Å². The standard InChI is InChI=1S/C39H36N6O9S2/c1-52-35(50)38(17-18-38)22-54-44-28(31(46)42-29-32(47)45-30(34(48)49)23(19-53-36(40)51)20-55-33(29)45)27-21-56-37(41-27)43-39(24-11-5-2-6-12-24,25-13-7-3-8-14-25)26-15-9-4-10-16-26/h2-16,21,29,33H,17-20,22H2,1H3,(H2,40,51)(H,41,43)(H,42,46)(H,48,49)/b44-28-/t29-,33-/m1/s1. The van der Waals surface area contributed by atoms with Gasteiger partial charge in [-0.1, -0.05) is 96.2 Å². The van der Waals surface area contributed by atoms with E-state index in [4.69, 9.17) is 25.0 Å². The number of carbonyl (C=O) groups excluding carboxylic acids is 4. The van der Waals surface area contributed by atoms with Gasteiger partial charge in [0.05, 0.1) is 7.11 Å². The number of thiazole rings is 1. The molecular formula is C39H36N6O9S2. The van der Waals surface area contributed by atoms with Crippen LogP contribution in [-0.4, -0.2) is 88.0 Å². The van der Waals surface area contributed by atoms with E-state index in [1.807, 2.05) is 91.0 Å². The monoisotopic (exact) mass is 796 g/mol. The Bertz CT molecular complexity index is 2110. The number of anilines is 1. The molecule has 4 aromatic rings. The lowest BCUT2D eigenvalue weighted by Crippen LogP contribution is -2.71. The molecule has 1 saturated carbocycles. The van der Waals surface area contributed by atoms with Crippen LogP contribution < -0.4 is 16.4 Å². The summed E-state index contributed by atoms with van der Waals surface area (Å²) in [4.78, 5) is 74.9.